The molecule has 0 aliphatic heterocycles. The largest absolute Gasteiger partial charge is 0.492 e. The van der Waals surface area contributed by atoms with Crippen LogP contribution in [0.3, 0.4) is 0 Å². The molecular formula is C26H30N2O4S. The molecule has 0 aliphatic carbocycles. The molecule has 174 valence electrons. The van der Waals surface area contributed by atoms with Gasteiger partial charge in [0.25, 0.3) is 15.9 Å². The molecule has 0 heterocycles. The lowest BCUT2D eigenvalue weighted by Crippen LogP contribution is -2.28. The van der Waals surface area contributed by atoms with Crippen molar-refractivity contribution in [1.29, 1.82) is 0 Å². The van der Waals surface area contributed by atoms with Gasteiger partial charge in [-0.05, 0) is 59.9 Å². The molecule has 2 N–H and O–H groups in total. The monoisotopic (exact) mass is 466 g/mol. The van der Waals surface area contributed by atoms with Crippen molar-refractivity contribution in [2.45, 2.75) is 38.0 Å². The minimum atomic E-state index is -3.83. The maximum absolute atomic E-state index is 12.8. The summed E-state index contributed by atoms with van der Waals surface area (Å²) in [6, 6.07) is 21.2. The first-order chi connectivity index (χ1) is 15.6. The quantitative estimate of drug-likeness (QED) is 0.463. The van der Waals surface area contributed by atoms with Crippen LogP contribution < -0.4 is 14.8 Å². The number of hydrogen-bond acceptors (Lipinski definition) is 4. The fraction of sp³-hybridized carbons (Fsp3) is 0.269. The highest BCUT2D eigenvalue weighted by Gasteiger charge is 2.19. The van der Waals surface area contributed by atoms with Gasteiger partial charge in [0, 0.05) is 11.3 Å². The number of hydrogen-bond donors (Lipinski definition) is 2. The molecule has 0 bridgehead atoms. The fourth-order valence-corrected chi connectivity index (χ4v) is 4.56. The van der Waals surface area contributed by atoms with Crippen molar-refractivity contribution in [2.75, 3.05) is 17.9 Å². The van der Waals surface area contributed by atoms with Gasteiger partial charge in [-0.2, -0.15) is 0 Å². The van der Waals surface area contributed by atoms with Gasteiger partial charge in [-0.3, -0.25) is 9.52 Å². The Labute approximate surface area is 196 Å². The zero-order valence-electron chi connectivity index (χ0n) is 19.4. The number of anilines is 1. The highest BCUT2D eigenvalue weighted by Crippen LogP contribution is 2.24. The van der Waals surface area contributed by atoms with Gasteiger partial charge in [-0.15, -0.1) is 0 Å². The van der Waals surface area contributed by atoms with E-state index < -0.39 is 10.0 Å². The topological polar surface area (TPSA) is 84.5 Å². The molecule has 0 unspecified atom stereocenters. The summed E-state index contributed by atoms with van der Waals surface area (Å²) in [7, 11) is -3.83. The molecule has 3 aromatic carbocycles. The Bertz CT molecular complexity index is 1200. The zero-order valence-corrected chi connectivity index (χ0v) is 20.2. The number of aryl methyl sites for hydroxylation is 1. The van der Waals surface area contributed by atoms with Crippen molar-refractivity contribution in [3.8, 4) is 5.75 Å². The number of amides is 1. The van der Waals surface area contributed by atoms with Gasteiger partial charge in [0.05, 0.1) is 11.4 Å². The van der Waals surface area contributed by atoms with Crippen LogP contribution in [-0.4, -0.2) is 27.5 Å². The van der Waals surface area contributed by atoms with Crippen LogP contribution in [0.2, 0.25) is 0 Å². The minimum Gasteiger partial charge on any atom is -0.492 e. The first kappa shape index (κ1) is 24.3. The van der Waals surface area contributed by atoms with Gasteiger partial charge in [-0.1, -0.05) is 57.2 Å². The molecule has 3 aromatic rings. The number of carbonyl (C=O) groups is 1. The molecule has 0 aromatic heterocycles. The van der Waals surface area contributed by atoms with Crippen molar-refractivity contribution >= 4 is 21.6 Å². The van der Waals surface area contributed by atoms with E-state index in [1.165, 1.54) is 11.6 Å². The molecule has 0 spiro atoms. The van der Waals surface area contributed by atoms with Crippen LogP contribution in [0.15, 0.2) is 77.7 Å². The highest BCUT2D eigenvalue weighted by molar-refractivity contribution is 7.92. The number of rotatable bonds is 8. The van der Waals surface area contributed by atoms with E-state index in [2.05, 4.69) is 30.8 Å². The standard InChI is InChI=1S/C26H30N2O4S/c1-19-10-11-20(18-24(19)33(30,31)28-22-8-6-5-7-9-22)25(29)27-16-17-32-23-14-12-21(13-15-23)26(2,3)4/h5-15,18,28H,16-17H2,1-4H3,(H,27,29). The number of benzene rings is 3. The molecule has 6 nitrogen and oxygen atoms in total. The van der Waals surface area contributed by atoms with E-state index in [0.29, 0.717) is 17.9 Å². The van der Waals surface area contributed by atoms with Crippen LogP contribution in [0.4, 0.5) is 5.69 Å². The molecular weight excluding hydrogens is 436 g/mol. The van der Waals surface area contributed by atoms with Crippen LogP contribution >= 0.6 is 0 Å². The highest BCUT2D eigenvalue weighted by atomic mass is 32.2. The van der Waals surface area contributed by atoms with Gasteiger partial charge >= 0.3 is 0 Å². The second kappa shape index (κ2) is 10.1. The van der Waals surface area contributed by atoms with Crippen LogP contribution in [0.5, 0.6) is 5.75 Å². The normalized spacial score (nSPS) is 11.6. The van der Waals surface area contributed by atoms with Crippen LogP contribution in [-0.2, 0) is 15.4 Å². The van der Waals surface area contributed by atoms with Gasteiger partial charge in [0.2, 0.25) is 0 Å². The molecule has 0 saturated carbocycles. The van der Waals surface area contributed by atoms with Crippen molar-refractivity contribution in [3.05, 3.63) is 89.5 Å². The van der Waals surface area contributed by atoms with Crippen molar-refractivity contribution in [2.24, 2.45) is 0 Å². The Balaban J connectivity index is 1.59. The summed E-state index contributed by atoms with van der Waals surface area (Å²) in [5.41, 5.74) is 2.57. The van der Waals surface area contributed by atoms with E-state index in [4.69, 9.17) is 4.74 Å². The maximum Gasteiger partial charge on any atom is 0.262 e. The van der Waals surface area contributed by atoms with Crippen molar-refractivity contribution in [1.82, 2.24) is 5.32 Å². The Morgan fingerprint density at radius 1 is 0.939 bits per heavy atom. The first-order valence-corrected chi connectivity index (χ1v) is 12.2. The summed E-state index contributed by atoms with van der Waals surface area (Å²) in [6.45, 7) is 8.73. The molecule has 1 amide bonds. The molecule has 0 aliphatic rings. The number of ether oxygens (including phenoxy) is 1. The molecule has 7 heteroatoms. The van der Waals surface area contributed by atoms with Crippen molar-refractivity contribution in [3.63, 3.8) is 0 Å². The third kappa shape index (κ3) is 6.58. The molecule has 0 fully saturated rings. The van der Waals surface area contributed by atoms with Gasteiger partial charge in [0.1, 0.15) is 12.4 Å². The lowest BCUT2D eigenvalue weighted by molar-refractivity contribution is 0.0946. The third-order valence-electron chi connectivity index (χ3n) is 5.14. The Morgan fingerprint density at radius 3 is 2.24 bits per heavy atom. The molecule has 3 rings (SSSR count). The first-order valence-electron chi connectivity index (χ1n) is 10.8. The molecule has 0 atom stereocenters. The van der Waals surface area contributed by atoms with E-state index >= 15 is 0 Å². The lowest BCUT2D eigenvalue weighted by atomic mass is 9.87. The fourth-order valence-electron chi connectivity index (χ4n) is 3.23. The second-order valence-corrected chi connectivity index (χ2v) is 10.5. The SMILES string of the molecule is Cc1ccc(C(=O)NCCOc2ccc(C(C)(C)C)cc2)cc1S(=O)(=O)Nc1ccccc1. The van der Waals surface area contributed by atoms with E-state index in [9.17, 15) is 13.2 Å². The summed E-state index contributed by atoms with van der Waals surface area (Å²) >= 11 is 0. The van der Waals surface area contributed by atoms with Crippen LogP contribution in [0.1, 0.15) is 42.3 Å². The molecule has 33 heavy (non-hydrogen) atoms. The Hall–Kier alpha value is -3.32. The summed E-state index contributed by atoms with van der Waals surface area (Å²) in [4.78, 5) is 12.6. The minimum absolute atomic E-state index is 0.0641. The Kier molecular flexibility index (Phi) is 7.43. The second-order valence-electron chi connectivity index (χ2n) is 8.83. The van der Waals surface area contributed by atoms with E-state index in [-0.39, 0.29) is 28.3 Å². The van der Waals surface area contributed by atoms with Crippen LogP contribution in [0.25, 0.3) is 0 Å². The van der Waals surface area contributed by atoms with E-state index in [0.717, 1.165) is 5.75 Å². The van der Waals surface area contributed by atoms with Gasteiger partial charge in [0.15, 0.2) is 0 Å². The van der Waals surface area contributed by atoms with Gasteiger partial charge < -0.3 is 10.1 Å². The Morgan fingerprint density at radius 2 is 1.61 bits per heavy atom. The number of para-hydroxylation sites is 1. The van der Waals surface area contributed by atoms with E-state index in [1.54, 1.807) is 49.4 Å². The zero-order chi connectivity index (χ0) is 24.1. The summed E-state index contributed by atoms with van der Waals surface area (Å²) in [5, 5.41) is 2.77. The van der Waals surface area contributed by atoms with Crippen molar-refractivity contribution < 1.29 is 17.9 Å². The maximum atomic E-state index is 12.8. The number of nitrogens with one attached hydrogen (secondary N) is 2. The molecule has 0 saturated heterocycles. The van der Waals surface area contributed by atoms with E-state index in [1.807, 2.05) is 24.3 Å². The molecule has 0 radical (unpaired) electrons. The third-order valence-corrected chi connectivity index (χ3v) is 6.67. The smallest absolute Gasteiger partial charge is 0.262 e. The average molecular weight is 467 g/mol. The summed E-state index contributed by atoms with van der Waals surface area (Å²) in [6.07, 6.45) is 0. The predicted octanol–water partition coefficient (Wildman–Crippen LogP) is 4.90. The number of carbonyl (C=O) groups excluding carboxylic acids is 1. The lowest BCUT2D eigenvalue weighted by Gasteiger charge is -2.19. The summed E-state index contributed by atoms with van der Waals surface area (Å²) in [5.74, 6) is 0.366. The summed E-state index contributed by atoms with van der Waals surface area (Å²) < 4.78 is 33.9. The van der Waals surface area contributed by atoms with Gasteiger partial charge in [-0.25, -0.2) is 8.42 Å². The average Bonchev–Trinajstić information content (AvgIpc) is 2.77. The predicted molar refractivity (Wildman–Crippen MR) is 131 cm³/mol. The van der Waals surface area contributed by atoms with Crippen LogP contribution in [0, 0.1) is 6.92 Å². The number of sulfonamides is 1.